The van der Waals surface area contributed by atoms with E-state index in [0.717, 1.165) is 43.6 Å². The monoisotopic (exact) mass is 708 g/mol. The molecule has 0 radical (unpaired) electrons. The van der Waals surface area contributed by atoms with Gasteiger partial charge >= 0.3 is 0 Å². The Labute approximate surface area is 306 Å². The number of nitrogens with zero attached hydrogens (tertiary/aromatic N) is 6. The van der Waals surface area contributed by atoms with Crippen LogP contribution < -0.4 is 9.47 Å². The number of fused-ring (bicyclic) bond motifs is 6. The van der Waals surface area contributed by atoms with E-state index in [0.29, 0.717) is 46.0 Å². The van der Waals surface area contributed by atoms with Crippen LogP contribution in [-0.4, -0.2) is 29.1 Å². The van der Waals surface area contributed by atoms with Crippen molar-refractivity contribution in [3.05, 3.63) is 170 Å². The Hall–Kier alpha value is -7.46. The minimum atomic E-state index is -0.378. The summed E-state index contributed by atoms with van der Waals surface area (Å²) in [5.74, 6) is 2.73. The quantitative estimate of drug-likeness (QED) is 0.164. The van der Waals surface area contributed by atoms with Crippen LogP contribution in [0.1, 0.15) is 0 Å². The molecule has 54 heavy (non-hydrogen) atoms. The molecule has 0 N–H and O–H groups in total. The van der Waals surface area contributed by atoms with Gasteiger partial charge in [-0.3, -0.25) is 9.13 Å². The number of aromatic nitrogens is 6. The largest absolute Gasteiger partial charge is 0.457 e. The molecule has 10 aromatic rings. The molecule has 5 aromatic heterocycles. The van der Waals surface area contributed by atoms with E-state index in [1.54, 1.807) is 24.5 Å². The van der Waals surface area contributed by atoms with Gasteiger partial charge in [0.1, 0.15) is 46.3 Å². The minimum absolute atomic E-state index is 0.378. The molecule has 0 bridgehead atoms. The van der Waals surface area contributed by atoms with Crippen LogP contribution >= 0.6 is 0 Å². The van der Waals surface area contributed by atoms with Gasteiger partial charge in [-0.2, -0.15) is 0 Å². The van der Waals surface area contributed by atoms with Crippen LogP contribution in [0.4, 0.5) is 8.78 Å². The lowest BCUT2D eigenvalue weighted by atomic mass is 10.1. The number of hydrogen-bond acceptors (Lipinski definition) is 6. The molecule has 0 spiro atoms. The third kappa shape index (κ3) is 5.44. The zero-order valence-corrected chi connectivity index (χ0v) is 28.3. The van der Waals surface area contributed by atoms with Crippen molar-refractivity contribution in [2.45, 2.75) is 0 Å². The zero-order chi connectivity index (χ0) is 36.2. The number of benzene rings is 5. The molecule has 258 valence electrons. The van der Waals surface area contributed by atoms with Gasteiger partial charge in [0.25, 0.3) is 0 Å². The predicted octanol–water partition coefficient (Wildman–Crippen LogP) is 11.0. The molecule has 0 unspecified atom stereocenters. The molecule has 8 nitrogen and oxygen atoms in total. The fraction of sp³-hybridized carbons (Fsp3) is 0. The Kier molecular flexibility index (Phi) is 7.32. The van der Waals surface area contributed by atoms with Crippen molar-refractivity contribution in [1.82, 2.24) is 29.1 Å². The van der Waals surface area contributed by atoms with Crippen LogP contribution in [0.3, 0.4) is 0 Å². The fourth-order valence-corrected chi connectivity index (χ4v) is 7.09. The smallest absolute Gasteiger partial charge is 0.159 e. The summed E-state index contributed by atoms with van der Waals surface area (Å²) in [5.41, 5.74) is 4.09. The van der Waals surface area contributed by atoms with E-state index in [2.05, 4.69) is 19.9 Å². The number of halogens is 2. The first-order valence-corrected chi connectivity index (χ1v) is 17.1. The van der Waals surface area contributed by atoms with Crippen LogP contribution in [0, 0.1) is 11.6 Å². The first kappa shape index (κ1) is 31.3. The van der Waals surface area contributed by atoms with Crippen molar-refractivity contribution < 1.29 is 18.3 Å². The van der Waals surface area contributed by atoms with Gasteiger partial charge in [-0.1, -0.05) is 36.4 Å². The summed E-state index contributed by atoms with van der Waals surface area (Å²) in [6.07, 6.45) is 6.27. The first-order chi connectivity index (χ1) is 26.6. The van der Waals surface area contributed by atoms with Gasteiger partial charge in [0.15, 0.2) is 5.82 Å². The van der Waals surface area contributed by atoms with Crippen LogP contribution in [0.25, 0.3) is 66.6 Å². The molecule has 10 rings (SSSR count). The number of pyridine rings is 2. The Morgan fingerprint density at radius 3 is 1.37 bits per heavy atom. The van der Waals surface area contributed by atoms with E-state index in [1.807, 2.05) is 106 Å². The Morgan fingerprint density at radius 1 is 0.389 bits per heavy atom. The van der Waals surface area contributed by atoms with Gasteiger partial charge in [0.2, 0.25) is 0 Å². The Bertz CT molecular complexity index is 2870. The predicted molar refractivity (Wildman–Crippen MR) is 205 cm³/mol. The van der Waals surface area contributed by atoms with Crippen molar-refractivity contribution in [2.75, 3.05) is 0 Å². The maximum atomic E-state index is 14.4. The maximum absolute atomic E-state index is 14.4. The highest BCUT2D eigenvalue weighted by atomic mass is 19.1. The van der Waals surface area contributed by atoms with Gasteiger partial charge in [-0.05, 0) is 66.7 Å². The van der Waals surface area contributed by atoms with E-state index in [9.17, 15) is 8.78 Å². The summed E-state index contributed by atoms with van der Waals surface area (Å²) in [6, 6.07) is 40.3. The molecule has 0 saturated carbocycles. The number of para-hydroxylation sites is 2. The number of hydrogen-bond donors (Lipinski definition) is 0. The molecule has 0 atom stereocenters. The summed E-state index contributed by atoms with van der Waals surface area (Å²) in [6.45, 7) is 0. The highest BCUT2D eigenvalue weighted by Crippen LogP contribution is 2.39. The van der Waals surface area contributed by atoms with Crippen molar-refractivity contribution in [2.24, 2.45) is 0 Å². The van der Waals surface area contributed by atoms with Gasteiger partial charge in [-0.15, -0.1) is 0 Å². The van der Waals surface area contributed by atoms with E-state index in [4.69, 9.17) is 9.47 Å². The molecule has 0 aliphatic rings. The highest BCUT2D eigenvalue weighted by Gasteiger charge is 2.17. The van der Waals surface area contributed by atoms with Gasteiger partial charge < -0.3 is 9.47 Å². The molecule has 5 aromatic carbocycles. The van der Waals surface area contributed by atoms with Crippen LogP contribution in [0.2, 0.25) is 0 Å². The third-order valence-electron chi connectivity index (χ3n) is 9.34. The molecule has 0 saturated heterocycles. The molecule has 0 aliphatic heterocycles. The zero-order valence-electron chi connectivity index (χ0n) is 28.3. The first-order valence-electron chi connectivity index (χ1n) is 17.1. The van der Waals surface area contributed by atoms with Gasteiger partial charge in [0.05, 0.1) is 22.1 Å². The summed E-state index contributed by atoms with van der Waals surface area (Å²) in [5, 5.41) is 3.96. The molecule has 0 aliphatic carbocycles. The van der Waals surface area contributed by atoms with E-state index < -0.39 is 0 Å². The average Bonchev–Trinajstić information content (AvgIpc) is 3.70. The number of rotatable bonds is 7. The molecule has 5 heterocycles. The Morgan fingerprint density at radius 2 is 0.870 bits per heavy atom. The summed E-state index contributed by atoms with van der Waals surface area (Å²) in [4.78, 5) is 17.9. The second-order valence-corrected chi connectivity index (χ2v) is 12.7. The Balaban J connectivity index is 1.07. The van der Waals surface area contributed by atoms with Gasteiger partial charge in [-0.25, -0.2) is 28.7 Å². The lowest BCUT2D eigenvalue weighted by molar-refractivity contribution is 0.461. The van der Waals surface area contributed by atoms with Crippen LogP contribution in [0.5, 0.6) is 23.0 Å². The van der Waals surface area contributed by atoms with Gasteiger partial charge in [0, 0.05) is 82.2 Å². The second-order valence-electron chi connectivity index (χ2n) is 12.7. The lowest BCUT2D eigenvalue weighted by Crippen LogP contribution is -1.98. The lowest BCUT2D eigenvalue weighted by Gasteiger charge is -2.13. The van der Waals surface area contributed by atoms with Crippen molar-refractivity contribution in [3.8, 4) is 46.0 Å². The summed E-state index contributed by atoms with van der Waals surface area (Å²) >= 11 is 0. The molecule has 10 heteroatoms. The third-order valence-corrected chi connectivity index (χ3v) is 9.34. The van der Waals surface area contributed by atoms with E-state index in [1.165, 1.54) is 36.7 Å². The maximum Gasteiger partial charge on any atom is 0.159 e. The topological polar surface area (TPSA) is 79.9 Å². The van der Waals surface area contributed by atoms with Crippen molar-refractivity contribution in [1.29, 1.82) is 0 Å². The standard InChI is InChI=1S/C44H26F2N6O2/c45-28-14-18-47-42(22-28)51-38-8-3-1-6-34(38)36-12-10-30(25-40(36)51)53-32-20-27(44-49-16-5-17-50-44)21-33(24-32)54-31-11-13-37-35-7-2-4-9-39(35)52(41(37)26-31)43-23-29(46)15-19-48-43/h1-26H. The van der Waals surface area contributed by atoms with Crippen molar-refractivity contribution in [3.63, 3.8) is 0 Å². The minimum Gasteiger partial charge on any atom is -0.457 e. The fourth-order valence-electron chi connectivity index (χ4n) is 7.09. The van der Waals surface area contributed by atoms with E-state index in [-0.39, 0.29) is 11.6 Å². The van der Waals surface area contributed by atoms with E-state index >= 15 is 0 Å². The normalized spacial score (nSPS) is 11.5. The average molecular weight is 709 g/mol. The van der Waals surface area contributed by atoms with Crippen LogP contribution in [-0.2, 0) is 0 Å². The summed E-state index contributed by atoms with van der Waals surface area (Å²) < 4.78 is 45.8. The molecule has 0 fully saturated rings. The molecule has 0 amide bonds. The van der Waals surface area contributed by atoms with Crippen molar-refractivity contribution >= 4 is 43.6 Å². The molecular weight excluding hydrogens is 683 g/mol. The highest BCUT2D eigenvalue weighted by molar-refractivity contribution is 6.10. The molecular formula is C44H26F2N6O2. The number of ether oxygens (including phenoxy) is 2. The summed E-state index contributed by atoms with van der Waals surface area (Å²) in [7, 11) is 0. The second kappa shape index (κ2) is 12.6. The SMILES string of the molecule is Fc1ccnc(-n2c3ccccc3c3ccc(Oc4cc(Oc5ccc6c7ccccc7n(-c7cc(F)ccn7)c6c5)cc(-c5ncccn5)c4)cc32)c1. The van der Waals surface area contributed by atoms with Crippen LogP contribution in [0.15, 0.2) is 158 Å².